The van der Waals surface area contributed by atoms with Crippen LogP contribution in [0.3, 0.4) is 0 Å². The van der Waals surface area contributed by atoms with E-state index in [0.29, 0.717) is 21.6 Å². The van der Waals surface area contributed by atoms with Crippen molar-refractivity contribution in [2.45, 2.75) is 18.7 Å². The predicted octanol–water partition coefficient (Wildman–Crippen LogP) is 5.90. The summed E-state index contributed by atoms with van der Waals surface area (Å²) < 4.78 is 7.47. The van der Waals surface area contributed by atoms with Crippen LogP contribution in [0.4, 0.5) is 11.4 Å². The molecule has 3 aromatic carbocycles. The van der Waals surface area contributed by atoms with E-state index in [0.717, 1.165) is 15.7 Å². The number of benzene rings is 3. The largest absolute Gasteiger partial charge is 0.467 e. The highest BCUT2D eigenvalue weighted by Crippen LogP contribution is 2.50. The first-order valence-corrected chi connectivity index (χ1v) is 11.7. The molecule has 0 unspecified atom stereocenters. The molecule has 0 spiro atoms. The Labute approximate surface area is 204 Å². The summed E-state index contributed by atoms with van der Waals surface area (Å²) in [4.78, 5) is 15.6. The van der Waals surface area contributed by atoms with Gasteiger partial charge in [0.2, 0.25) is 5.91 Å². The Morgan fingerprint density at radius 2 is 1.88 bits per heavy atom. The van der Waals surface area contributed by atoms with Gasteiger partial charge in [0.05, 0.1) is 6.04 Å². The number of rotatable bonds is 3. The van der Waals surface area contributed by atoms with Crippen molar-refractivity contribution in [3.63, 3.8) is 0 Å². The normalized spacial score (nSPS) is 23.6. The Hall–Kier alpha value is -2.61. The second-order valence-electron chi connectivity index (χ2n) is 7.91. The zero-order valence-electron chi connectivity index (χ0n) is 17.0. The number of carbonyl (C=O) groups is 1. The van der Waals surface area contributed by atoms with Crippen LogP contribution < -0.4 is 20.3 Å². The number of para-hydroxylation sites is 1. The summed E-state index contributed by atoms with van der Waals surface area (Å²) in [6.45, 7) is 1.91. The quantitative estimate of drug-likeness (QED) is 0.415. The van der Waals surface area contributed by atoms with E-state index in [9.17, 15) is 4.79 Å². The summed E-state index contributed by atoms with van der Waals surface area (Å²) in [6.07, 6.45) is 0. The van der Waals surface area contributed by atoms with Crippen LogP contribution in [-0.2, 0) is 4.79 Å². The lowest BCUT2D eigenvalue weighted by Crippen LogP contribution is -2.72. The van der Waals surface area contributed by atoms with Crippen molar-refractivity contribution in [1.82, 2.24) is 5.32 Å². The third-order valence-electron chi connectivity index (χ3n) is 5.87. The van der Waals surface area contributed by atoms with Crippen LogP contribution in [0.1, 0.15) is 18.5 Å². The van der Waals surface area contributed by atoms with Crippen LogP contribution in [0, 0.1) is 5.92 Å². The van der Waals surface area contributed by atoms with Crippen molar-refractivity contribution in [3.05, 3.63) is 87.9 Å². The molecular formula is C24H19BrClN3O2S. The fraction of sp³-hybridized carbons (Fsp3) is 0.167. The average Bonchev–Trinajstić information content (AvgIpc) is 2.76. The minimum atomic E-state index is -1.05. The summed E-state index contributed by atoms with van der Waals surface area (Å²) >= 11 is 15.3. The fourth-order valence-electron chi connectivity index (χ4n) is 4.47. The lowest BCUT2D eigenvalue weighted by Gasteiger charge is -2.56. The molecule has 0 aliphatic carbocycles. The molecule has 3 aromatic rings. The lowest BCUT2D eigenvalue weighted by atomic mass is 9.78. The standard InChI is InChI=1S/C24H19BrClN3O2S/c1-24-20(22(30)27-16-10-8-15(26)9-11-16)21(18-13-14(25)7-12-19(18)31-24)28-23(32)29(24)17-5-3-2-4-6-17/h2-13,20-21H,1H3,(H,27,30)(H,28,32)/t20-,21+,24-/m0/s1. The average molecular weight is 529 g/mol. The van der Waals surface area contributed by atoms with Gasteiger partial charge in [-0.25, -0.2) is 0 Å². The molecule has 0 saturated carbocycles. The first-order chi connectivity index (χ1) is 15.4. The van der Waals surface area contributed by atoms with Crippen LogP contribution >= 0.6 is 39.7 Å². The summed E-state index contributed by atoms with van der Waals surface area (Å²) in [5.41, 5.74) is 1.33. The Kier molecular flexibility index (Phi) is 5.35. The number of hydrogen-bond donors (Lipinski definition) is 2. The van der Waals surface area contributed by atoms with Gasteiger partial charge in [0.15, 0.2) is 10.8 Å². The topological polar surface area (TPSA) is 53.6 Å². The van der Waals surface area contributed by atoms with Gasteiger partial charge in [0.1, 0.15) is 11.7 Å². The number of carbonyl (C=O) groups excluding carboxylic acids is 1. The molecule has 1 fully saturated rings. The van der Waals surface area contributed by atoms with E-state index in [1.165, 1.54) is 0 Å². The third-order valence-corrected chi connectivity index (χ3v) is 6.91. The van der Waals surface area contributed by atoms with E-state index in [4.69, 9.17) is 28.6 Å². The zero-order chi connectivity index (χ0) is 22.5. The molecular weight excluding hydrogens is 510 g/mol. The van der Waals surface area contributed by atoms with E-state index in [2.05, 4.69) is 26.6 Å². The number of thiocarbonyl (C=S) groups is 1. The number of amides is 1. The Morgan fingerprint density at radius 1 is 1.16 bits per heavy atom. The third kappa shape index (κ3) is 3.54. The van der Waals surface area contributed by atoms with Gasteiger partial charge < -0.3 is 15.4 Å². The molecule has 2 aliphatic rings. The number of hydrogen-bond acceptors (Lipinski definition) is 3. The summed E-state index contributed by atoms with van der Waals surface area (Å²) in [7, 11) is 0. The molecule has 8 heteroatoms. The number of ether oxygens (including phenoxy) is 1. The summed E-state index contributed by atoms with van der Waals surface area (Å²) in [5, 5.41) is 7.54. The highest BCUT2D eigenvalue weighted by molar-refractivity contribution is 9.10. The smallest absolute Gasteiger partial charge is 0.236 e. The first kappa shape index (κ1) is 21.2. The molecule has 162 valence electrons. The SMILES string of the molecule is C[C@@]12Oc3ccc(Br)cc3[C@@H](NC(=S)N1c1ccccc1)[C@H]2C(=O)Nc1ccc(Cl)cc1. The summed E-state index contributed by atoms with van der Waals surface area (Å²) in [5.74, 6) is -0.0690. The highest BCUT2D eigenvalue weighted by Gasteiger charge is 2.59. The number of nitrogens with zero attached hydrogens (tertiary/aromatic N) is 1. The number of halogens is 2. The summed E-state index contributed by atoms with van der Waals surface area (Å²) in [6, 6.07) is 22.2. The van der Waals surface area contributed by atoms with E-state index in [1.807, 2.05) is 60.4 Å². The van der Waals surface area contributed by atoms with E-state index in [-0.39, 0.29) is 11.9 Å². The minimum absolute atomic E-state index is 0.179. The van der Waals surface area contributed by atoms with Crippen molar-refractivity contribution in [2.24, 2.45) is 5.92 Å². The molecule has 5 nitrogen and oxygen atoms in total. The molecule has 32 heavy (non-hydrogen) atoms. The van der Waals surface area contributed by atoms with Crippen molar-refractivity contribution >= 4 is 62.1 Å². The number of nitrogens with one attached hydrogen (secondary N) is 2. The van der Waals surface area contributed by atoms with Crippen molar-refractivity contribution < 1.29 is 9.53 Å². The second kappa shape index (κ2) is 8.06. The highest BCUT2D eigenvalue weighted by atomic mass is 79.9. The molecule has 1 saturated heterocycles. The molecule has 3 atom stereocenters. The molecule has 0 aromatic heterocycles. The lowest BCUT2D eigenvalue weighted by molar-refractivity contribution is -0.130. The van der Waals surface area contributed by atoms with E-state index < -0.39 is 11.6 Å². The Balaban J connectivity index is 1.62. The van der Waals surface area contributed by atoms with Gasteiger partial charge in [-0.05, 0) is 73.7 Å². The molecule has 2 aliphatic heterocycles. The predicted molar refractivity (Wildman–Crippen MR) is 134 cm³/mol. The van der Waals surface area contributed by atoms with Crippen molar-refractivity contribution in [3.8, 4) is 5.75 Å². The molecule has 5 rings (SSSR count). The molecule has 2 bridgehead atoms. The van der Waals surface area contributed by atoms with Gasteiger partial charge in [-0.2, -0.15) is 0 Å². The van der Waals surface area contributed by atoms with Gasteiger partial charge in [0.25, 0.3) is 0 Å². The first-order valence-electron chi connectivity index (χ1n) is 10.1. The maximum atomic E-state index is 13.7. The van der Waals surface area contributed by atoms with Crippen molar-refractivity contribution in [1.29, 1.82) is 0 Å². The van der Waals surface area contributed by atoms with Crippen LogP contribution in [0.15, 0.2) is 77.3 Å². The number of anilines is 2. The van der Waals surface area contributed by atoms with Crippen LogP contribution in [0.5, 0.6) is 5.75 Å². The van der Waals surface area contributed by atoms with Gasteiger partial charge >= 0.3 is 0 Å². The van der Waals surface area contributed by atoms with Gasteiger partial charge in [-0.1, -0.05) is 45.7 Å². The van der Waals surface area contributed by atoms with Gasteiger partial charge in [-0.15, -0.1) is 0 Å². The molecule has 2 heterocycles. The molecule has 2 N–H and O–H groups in total. The van der Waals surface area contributed by atoms with E-state index >= 15 is 0 Å². The van der Waals surface area contributed by atoms with E-state index in [1.54, 1.807) is 24.3 Å². The van der Waals surface area contributed by atoms with Gasteiger partial charge in [-0.3, -0.25) is 9.69 Å². The monoisotopic (exact) mass is 527 g/mol. The zero-order valence-corrected chi connectivity index (χ0v) is 20.2. The van der Waals surface area contributed by atoms with Crippen LogP contribution in [-0.4, -0.2) is 16.7 Å². The fourth-order valence-corrected chi connectivity index (χ4v) is 5.39. The van der Waals surface area contributed by atoms with Crippen molar-refractivity contribution in [2.75, 3.05) is 10.2 Å². The molecule has 1 amide bonds. The maximum absolute atomic E-state index is 13.7. The number of fused-ring (bicyclic) bond motifs is 4. The Bertz CT molecular complexity index is 1210. The maximum Gasteiger partial charge on any atom is 0.236 e. The molecule has 0 radical (unpaired) electrons. The van der Waals surface area contributed by atoms with Crippen LogP contribution in [0.2, 0.25) is 5.02 Å². The second-order valence-corrected chi connectivity index (χ2v) is 9.65. The van der Waals surface area contributed by atoms with Gasteiger partial charge in [0, 0.05) is 26.4 Å². The minimum Gasteiger partial charge on any atom is -0.467 e. The van der Waals surface area contributed by atoms with Crippen LogP contribution in [0.25, 0.3) is 0 Å². The Morgan fingerprint density at radius 3 is 2.59 bits per heavy atom.